The summed E-state index contributed by atoms with van der Waals surface area (Å²) in [7, 11) is 0. The van der Waals surface area contributed by atoms with Crippen molar-refractivity contribution in [2.75, 3.05) is 6.54 Å². The highest BCUT2D eigenvalue weighted by atomic mass is 16.1. The van der Waals surface area contributed by atoms with E-state index in [-0.39, 0.29) is 5.69 Å². The topological polar surface area (TPSA) is 76.7 Å². The van der Waals surface area contributed by atoms with Crippen molar-refractivity contribution in [1.29, 1.82) is 0 Å². The predicted octanol–water partition coefficient (Wildman–Crippen LogP) is -1.47. The van der Waals surface area contributed by atoms with Crippen LogP contribution in [0.25, 0.3) is 0 Å². The van der Waals surface area contributed by atoms with Crippen molar-refractivity contribution >= 4 is 0 Å². The minimum absolute atomic E-state index is 0.208. The van der Waals surface area contributed by atoms with Crippen molar-refractivity contribution in [3.63, 3.8) is 0 Å². The molecule has 5 nitrogen and oxygen atoms in total. The Morgan fingerprint density at radius 3 is 3.11 bits per heavy atom. The largest absolute Gasteiger partial charge is 0.343 e. The lowest BCUT2D eigenvalue weighted by molar-refractivity contribution is 0.602. The quantitative estimate of drug-likeness (QED) is 0.510. The van der Waals surface area contributed by atoms with Crippen molar-refractivity contribution in [1.82, 2.24) is 14.8 Å². The summed E-state index contributed by atoms with van der Waals surface area (Å²) in [6.45, 7) is 0.910. The minimum atomic E-state index is -0.208. The number of rotatable bonds is 2. The SMILES string of the molecule is NCCn1nc[nH]c1=O. The van der Waals surface area contributed by atoms with Gasteiger partial charge in [0.2, 0.25) is 0 Å². The van der Waals surface area contributed by atoms with Crippen LogP contribution < -0.4 is 11.4 Å². The number of hydrogen-bond acceptors (Lipinski definition) is 3. The average molecular weight is 128 g/mol. The van der Waals surface area contributed by atoms with E-state index in [1.807, 2.05) is 0 Å². The molecule has 1 rings (SSSR count). The third-order valence-corrected chi connectivity index (χ3v) is 0.960. The summed E-state index contributed by atoms with van der Waals surface area (Å²) in [4.78, 5) is 13.0. The molecule has 0 amide bonds. The van der Waals surface area contributed by atoms with Crippen LogP contribution in [0, 0.1) is 0 Å². The van der Waals surface area contributed by atoms with E-state index in [2.05, 4.69) is 10.1 Å². The summed E-state index contributed by atoms with van der Waals surface area (Å²) in [5.41, 5.74) is 4.97. The maximum absolute atomic E-state index is 10.6. The fourth-order valence-corrected chi connectivity index (χ4v) is 0.562. The van der Waals surface area contributed by atoms with Gasteiger partial charge in [0.25, 0.3) is 0 Å². The number of nitrogens with one attached hydrogen (secondary N) is 1. The number of nitrogens with zero attached hydrogens (tertiary/aromatic N) is 2. The molecule has 5 heteroatoms. The Kier molecular flexibility index (Phi) is 1.64. The van der Waals surface area contributed by atoms with Crippen molar-refractivity contribution in [2.24, 2.45) is 5.73 Å². The molecule has 3 N–H and O–H groups in total. The van der Waals surface area contributed by atoms with Gasteiger partial charge in [0.05, 0.1) is 6.54 Å². The molecule has 1 aromatic rings. The van der Waals surface area contributed by atoms with Crippen molar-refractivity contribution in [3.05, 3.63) is 16.8 Å². The zero-order valence-corrected chi connectivity index (χ0v) is 4.87. The number of hydrogen-bond donors (Lipinski definition) is 2. The molecule has 9 heavy (non-hydrogen) atoms. The molecule has 1 aromatic heterocycles. The molecular formula is C4H8N4O. The number of aromatic nitrogens is 3. The van der Waals surface area contributed by atoms with Crippen LogP contribution in [0.2, 0.25) is 0 Å². The first-order valence-electron chi connectivity index (χ1n) is 2.65. The van der Waals surface area contributed by atoms with E-state index in [0.29, 0.717) is 13.1 Å². The second-order valence-corrected chi connectivity index (χ2v) is 1.61. The maximum atomic E-state index is 10.6. The Morgan fingerprint density at radius 1 is 1.89 bits per heavy atom. The van der Waals surface area contributed by atoms with Crippen molar-refractivity contribution < 1.29 is 0 Å². The van der Waals surface area contributed by atoms with Crippen LogP contribution in [0.1, 0.15) is 0 Å². The molecule has 0 saturated carbocycles. The first-order valence-corrected chi connectivity index (χ1v) is 2.65. The van der Waals surface area contributed by atoms with Crippen molar-refractivity contribution in [3.8, 4) is 0 Å². The third-order valence-electron chi connectivity index (χ3n) is 0.960. The van der Waals surface area contributed by atoms with Crippen LogP contribution in [-0.4, -0.2) is 21.3 Å². The van der Waals surface area contributed by atoms with E-state index in [1.54, 1.807) is 0 Å². The average Bonchev–Trinajstić information content (AvgIpc) is 2.18. The molecule has 0 radical (unpaired) electrons. The van der Waals surface area contributed by atoms with Crippen molar-refractivity contribution in [2.45, 2.75) is 6.54 Å². The monoisotopic (exact) mass is 128 g/mol. The molecular weight excluding hydrogens is 120 g/mol. The summed E-state index contributed by atoms with van der Waals surface area (Å²) in [6.07, 6.45) is 1.35. The van der Waals surface area contributed by atoms with Gasteiger partial charge in [-0.15, -0.1) is 0 Å². The van der Waals surface area contributed by atoms with Gasteiger partial charge in [0.15, 0.2) is 0 Å². The van der Waals surface area contributed by atoms with Crippen LogP contribution in [0.3, 0.4) is 0 Å². The lowest BCUT2D eigenvalue weighted by Crippen LogP contribution is -2.22. The molecule has 0 aliphatic heterocycles. The Bertz CT molecular complexity index is 224. The van der Waals surface area contributed by atoms with E-state index in [0.717, 1.165) is 0 Å². The van der Waals surface area contributed by atoms with Gasteiger partial charge in [-0.25, -0.2) is 9.48 Å². The van der Waals surface area contributed by atoms with E-state index >= 15 is 0 Å². The van der Waals surface area contributed by atoms with Gasteiger partial charge in [0.1, 0.15) is 6.33 Å². The number of aromatic amines is 1. The molecule has 0 aromatic carbocycles. The number of H-pyrrole nitrogens is 1. The highest BCUT2D eigenvalue weighted by Crippen LogP contribution is 1.66. The summed E-state index contributed by atoms with van der Waals surface area (Å²) in [6, 6.07) is 0. The van der Waals surface area contributed by atoms with Gasteiger partial charge >= 0.3 is 5.69 Å². The summed E-state index contributed by atoms with van der Waals surface area (Å²) in [5.74, 6) is 0. The zero-order chi connectivity index (χ0) is 6.69. The Labute approximate surface area is 51.5 Å². The van der Waals surface area contributed by atoms with Crippen LogP contribution in [0.15, 0.2) is 11.1 Å². The lowest BCUT2D eigenvalue weighted by Gasteiger charge is -1.90. The smallest absolute Gasteiger partial charge is 0.329 e. The molecule has 0 saturated heterocycles. The first kappa shape index (κ1) is 6.03. The summed E-state index contributed by atoms with van der Waals surface area (Å²) >= 11 is 0. The summed E-state index contributed by atoms with van der Waals surface area (Å²) < 4.78 is 1.28. The molecule has 0 spiro atoms. The van der Waals surface area contributed by atoms with Gasteiger partial charge < -0.3 is 5.73 Å². The van der Waals surface area contributed by atoms with Gasteiger partial charge in [-0.2, -0.15) is 5.10 Å². The van der Waals surface area contributed by atoms with Gasteiger partial charge in [-0.3, -0.25) is 4.98 Å². The fraction of sp³-hybridized carbons (Fsp3) is 0.500. The minimum Gasteiger partial charge on any atom is -0.329 e. The highest BCUT2D eigenvalue weighted by Gasteiger charge is 1.91. The lowest BCUT2D eigenvalue weighted by atomic mass is 10.7. The van der Waals surface area contributed by atoms with E-state index in [4.69, 9.17) is 5.73 Å². The molecule has 0 aliphatic carbocycles. The van der Waals surface area contributed by atoms with Crippen LogP contribution in [0.5, 0.6) is 0 Å². The Morgan fingerprint density at radius 2 is 2.67 bits per heavy atom. The molecule has 50 valence electrons. The fourth-order valence-electron chi connectivity index (χ4n) is 0.562. The van der Waals surface area contributed by atoms with Crippen LogP contribution in [-0.2, 0) is 6.54 Å². The molecule has 1 heterocycles. The normalized spacial score (nSPS) is 9.89. The second kappa shape index (κ2) is 2.45. The maximum Gasteiger partial charge on any atom is 0.343 e. The summed E-state index contributed by atoms with van der Waals surface area (Å²) in [5, 5.41) is 3.67. The number of nitrogens with two attached hydrogens (primary N) is 1. The van der Waals surface area contributed by atoms with Crippen LogP contribution in [0.4, 0.5) is 0 Å². The van der Waals surface area contributed by atoms with Gasteiger partial charge in [-0.1, -0.05) is 0 Å². The van der Waals surface area contributed by atoms with E-state index in [9.17, 15) is 4.79 Å². The Balaban J connectivity index is 2.81. The third kappa shape index (κ3) is 1.17. The predicted molar refractivity (Wildman–Crippen MR) is 31.9 cm³/mol. The molecule has 0 unspecified atom stereocenters. The van der Waals surface area contributed by atoms with Crippen LogP contribution >= 0.6 is 0 Å². The highest BCUT2D eigenvalue weighted by molar-refractivity contribution is 4.58. The van der Waals surface area contributed by atoms with Gasteiger partial charge in [-0.05, 0) is 0 Å². The molecule has 0 bridgehead atoms. The molecule has 0 fully saturated rings. The van der Waals surface area contributed by atoms with E-state index < -0.39 is 0 Å². The molecule has 0 aliphatic rings. The van der Waals surface area contributed by atoms with Gasteiger partial charge in [0, 0.05) is 6.54 Å². The van der Waals surface area contributed by atoms with E-state index in [1.165, 1.54) is 11.0 Å². The first-order chi connectivity index (χ1) is 4.34. The standard InChI is InChI=1S/C4H8N4O/c5-1-2-8-4(9)6-3-7-8/h3H,1-2,5H2,(H,6,7,9). The molecule has 0 atom stereocenters. The Hall–Kier alpha value is -1.10. The zero-order valence-electron chi connectivity index (χ0n) is 4.87. The second-order valence-electron chi connectivity index (χ2n) is 1.61.